The topological polar surface area (TPSA) is 65.0 Å². The van der Waals surface area contributed by atoms with E-state index in [0.29, 0.717) is 27.0 Å². The maximum atomic E-state index is 12.3. The van der Waals surface area contributed by atoms with Crippen molar-refractivity contribution in [3.8, 4) is 17.2 Å². The molecular formula is C34H27ClF3IN4O2. The summed E-state index contributed by atoms with van der Waals surface area (Å²) in [6.45, 7) is 6.45. The summed E-state index contributed by atoms with van der Waals surface area (Å²) in [6, 6.07) is 18.6. The zero-order valence-electron chi connectivity index (χ0n) is 24.7. The van der Waals surface area contributed by atoms with Crippen LogP contribution in [0.2, 0.25) is 5.15 Å². The Balaban J connectivity index is 0.000000163. The van der Waals surface area contributed by atoms with Crippen molar-refractivity contribution < 1.29 is 22.6 Å². The third-order valence-corrected chi connectivity index (χ3v) is 8.81. The molecule has 0 radical (unpaired) electrons. The third kappa shape index (κ3) is 5.77. The van der Waals surface area contributed by atoms with Crippen LogP contribution >= 0.6 is 34.2 Å². The van der Waals surface area contributed by atoms with E-state index in [1.54, 1.807) is 13.3 Å². The molecule has 4 aromatic heterocycles. The van der Waals surface area contributed by atoms with Gasteiger partial charge in [0.1, 0.15) is 22.2 Å². The summed E-state index contributed by atoms with van der Waals surface area (Å²) in [6.07, 6.45) is 0.236. The van der Waals surface area contributed by atoms with E-state index in [1.165, 1.54) is 45.9 Å². The summed E-state index contributed by atoms with van der Waals surface area (Å²) < 4.78 is 49.4. The Hall–Kier alpha value is -4.03. The fraction of sp³-hybridized carbons (Fsp3) is 0.176. The van der Waals surface area contributed by atoms with Gasteiger partial charge in [-0.15, -0.1) is 13.2 Å². The minimum atomic E-state index is -4.73. The zero-order chi connectivity index (χ0) is 32.0. The van der Waals surface area contributed by atoms with Crippen LogP contribution in [0.25, 0.3) is 49.3 Å². The Kier molecular flexibility index (Phi) is 8.30. The number of aromatic nitrogens is 4. The highest BCUT2D eigenvalue weighted by Crippen LogP contribution is 2.37. The average Bonchev–Trinajstić information content (AvgIpc) is 3.59. The van der Waals surface area contributed by atoms with Crippen molar-refractivity contribution in [3.63, 3.8) is 0 Å². The molecular weight excluding hydrogens is 716 g/mol. The number of halogens is 5. The lowest BCUT2D eigenvalue weighted by Crippen LogP contribution is -2.17. The van der Waals surface area contributed by atoms with Gasteiger partial charge in [0.05, 0.1) is 29.0 Å². The minimum absolute atomic E-state index is 0.292. The van der Waals surface area contributed by atoms with Crippen molar-refractivity contribution in [1.82, 2.24) is 19.5 Å². The van der Waals surface area contributed by atoms with Crippen LogP contribution in [-0.4, -0.2) is 33.0 Å². The van der Waals surface area contributed by atoms with Crippen molar-refractivity contribution in [2.45, 2.75) is 33.6 Å². The molecule has 0 saturated carbocycles. The SMILES string of the molecule is CCc1cn(-c2ccccc2C)c2c1c(C)nc1c(OC)cccc12.FC(F)(F)Oc1ccc2nc(Cl)c3c(I)c[nH]c3c2c1. The van der Waals surface area contributed by atoms with Gasteiger partial charge in [-0.25, -0.2) is 9.97 Å². The predicted molar refractivity (Wildman–Crippen MR) is 182 cm³/mol. The molecule has 7 rings (SSSR count). The van der Waals surface area contributed by atoms with Crippen molar-refractivity contribution in [2.24, 2.45) is 0 Å². The van der Waals surface area contributed by atoms with Crippen LogP contribution in [0.4, 0.5) is 13.2 Å². The summed E-state index contributed by atoms with van der Waals surface area (Å²) in [5.41, 5.74) is 8.11. The molecule has 0 spiro atoms. The van der Waals surface area contributed by atoms with E-state index >= 15 is 0 Å². The van der Waals surface area contributed by atoms with E-state index in [2.05, 4.69) is 99.2 Å². The molecule has 4 heterocycles. The van der Waals surface area contributed by atoms with Gasteiger partial charge in [0, 0.05) is 43.5 Å². The van der Waals surface area contributed by atoms with Crippen LogP contribution in [-0.2, 0) is 6.42 Å². The van der Waals surface area contributed by atoms with Crippen molar-refractivity contribution in [3.05, 3.63) is 98.6 Å². The Morgan fingerprint density at radius 1 is 0.978 bits per heavy atom. The Bertz CT molecular complexity index is 2230. The summed E-state index contributed by atoms with van der Waals surface area (Å²) in [5.74, 6) is 0.526. The molecule has 6 nitrogen and oxygen atoms in total. The van der Waals surface area contributed by atoms with Crippen LogP contribution in [0.3, 0.4) is 0 Å². The predicted octanol–water partition coefficient (Wildman–Crippen LogP) is 10.2. The van der Waals surface area contributed by atoms with Gasteiger partial charge in [-0.2, -0.15) is 0 Å². The van der Waals surface area contributed by atoms with Crippen molar-refractivity contribution in [2.75, 3.05) is 7.11 Å². The number of aryl methyl sites for hydroxylation is 3. The number of aromatic amines is 1. The van der Waals surface area contributed by atoms with Gasteiger partial charge in [-0.3, -0.25) is 0 Å². The monoisotopic (exact) mass is 742 g/mol. The number of nitrogens with zero attached hydrogens (tertiary/aromatic N) is 3. The number of hydrogen-bond acceptors (Lipinski definition) is 4. The highest BCUT2D eigenvalue weighted by Gasteiger charge is 2.31. The molecule has 230 valence electrons. The summed E-state index contributed by atoms with van der Waals surface area (Å²) in [5, 5.41) is 3.90. The second-order valence-corrected chi connectivity index (χ2v) is 12.0. The maximum Gasteiger partial charge on any atom is 0.573 e. The molecule has 0 saturated heterocycles. The number of fused-ring (bicyclic) bond motifs is 6. The number of benzene rings is 3. The van der Waals surface area contributed by atoms with Crippen molar-refractivity contribution >= 4 is 77.8 Å². The summed E-state index contributed by atoms with van der Waals surface area (Å²) in [4.78, 5) is 12.0. The van der Waals surface area contributed by atoms with Gasteiger partial charge in [0.15, 0.2) is 0 Å². The van der Waals surface area contributed by atoms with Crippen LogP contribution < -0.4 is 9.47 Å². The maximum absolute atomic E-state index is 12.3. The molecule has 0 unspecified atom stereocenters. The molecule has 0 fully saturated rings. The largest absolute Gasteiger partial charge is 0.573 e. The van der Waals surface area contributed by atoms with Gasteiger partial charge in [-0.1, -0.05) is 48.9 Å². The van der Waals surface area contributed by atoms with Gasteiger partial charge < -0.3 is 19.0 Å². The fourth-order valence-electron chi connectivity index (χ4n) is 5.72. The highest BCUT2D eigenvalue weighted by atomic mass is 127. The number of methoxy groups -OCH3 is 1. The molecule has 0 aliphatic rings. The van der Waals surface area contributed by atoms with Crippen LogP contribution in [0.5, 0.6) is 11.5 Å². The number of pyridine rings is 2. The Labute approximate surface area is 275 Å². The first-order valence-electron chi connectivity index (χ1n) is 14.1. The van der Waals surface area contributed by atoms with Gasteiger partial charge >= 0.3 is 6.36 Å². The number of ether oxygens (including phenoxy) is 2. The van der Waals surface area contributed by atoms with E-state index in [0.717, 1.165) is 32.3 Å². The first-order chi connectivity index (χ1) is 21.5. The van der Waals surface area contributed by atoms with Gasteiger partial charge in [-0.05, 0) is 84.3 Å². The molecule has 0 amide bonds. The molecule has 1 N–H and O–H groups in total. The molecule has 0 aliphatic carbocycles. The van der Waals surface area contributed by atoms with Crippen LogP contribution in [0.1, 0.15) is 23.7 Å². The zero-order valence-corrected chi connectivity index (χ0v) is 27.6. The minimum Gasteiger partial charge on any atom is -0.494 e. The number of para-hydroxylation sites is 2. The molecule has 45 heavy (non-hydrogen) atoms. The second-order valence-electron chi connectivity index (χ2n) is 10.5. The normalized spacial score (nSPS) is 11.8. The number of hydrogen-bond donors (Lipinski definition) is 1. The Morgan fingerprint density at radius 2 is 1.76 bits per heavy atom. The van der Waals surface area contributed by atoms with Crippen LogP contribution in [0, 0.1) is 17.4 Å². The molecule has 0 aliphatic heterocycles. The van der Waals surface area contributed by atoms with E-state index in [1.807, 2.05) is 12.1 Å². The van der Waals surface area contributed by atoms with Crippen LogP contribution in [0.15, 0.2) is 73.1 Å². The van der Waals surface area contributed by atoms with E-state index < -0.39 is 6.36 Å². The van der Waals surface area contributed by atoms with E-state index in [9.17, 15) is 13.2 Å². The summed E-state index contributed by atoms with van der Waals surface area (Å²) in [7, 11) is 1.70. The first-order valence-corrected chi connectivity index (χ1v) is 15.5. The average molecular weight is 743 g/mol. The third-order valence-electron chi connectivity index (χ3n) is 7.68. The number of alkyl halides is 3. The lowest BCUT2D eigenvalue weighted by Gasteiger charge is -2.13. The number of H-pyrrole nitrogens is 1. The highest BCUT2D eigenvalue weighted by molar-refractivity contribution is 14.1. The van der Waals surface area contributed by atoms with Crippen molar-refractivity contribution in [1.29, 1.82) is 0 Å². The molecule has 7 aromatic rings. The van der Waals surface area contributed by atoms with E-state index in [4.69, 9.17) is 21.3 Å². The smallest absolute Gasteiger partial charge is 0.494 e. The summed E-state index contributed by atoms with van der Waals surface area (Å²) >= 11 is 8.16. The quantitative estimate of drug-likeness (QED) is 0.144. The number of nitrogens with one attached hydrogen (secondary N) is 1. The standard InChI is InChI=1S/C22H22N2O.C12H5ClF3IN2O/c1-5-16-13-24(18-11-7-6-9-14(18)2)22-17-10-8-12-19(25-4)21(17)23-15(3)20(16)22;13-11-9-7(17)4-18-10(9)6-3-5(20-12(14,15)16)1-2-8(6)19-11/h6-13H,5H2,1-4H3;1-4,18H. The molecule has 11 heteroatoms. The Morgan fingerprint density at radius 3 is 2.47 bits per heavy atom. The lowest BCUT2D eigenvalue weighted by molar-refractivity contribution is -0.274. The van der Waals surface area contributed by atoms with Gasteiger partial charge in [0.25, 0.3) is 0 Å². The van der Waals surface area contributed by atoms with E-state index in [-0.39, 0.29) is 5.75 Å². The second kappa shape index (κ2) is 12.1. The molecule has 3 aromatic carbocycles. The molecule has 0 bridgehead atoms. The lowest BCUT2D eigenvalue weighted by atomic mass is 10.1. The fourth-order valence-corrected chi connectivity index (χ4v) is 6.85. The first kappa shape index (κ1) is 31.0. The molecule has 0 atom stereocenters. The van der Waals surface area contributed by atoms with Gasteiger partial charge in [0.2, 0.25) is 0 Å². The number of rotatable bonds is 4.